The van der Waals surface area contributed by atoms with E-state index in [9.17, 15) is 21.6 Å². The highest BCUT2D eigenvalue weighted by Crippen LogP contribution is 2.37. The fourth-order valence-electron chi connectivity index (χ4n) is 3.08. The summed E-state index contributed by atoms with van der Waals surface area (Å²) in [5.41, 5.74) is -0.614. The van der Waals surface area contributed by atoms with Crippen molar-refractivity contribution < 1.29 is 26.3 Å². The van der Waals surface area contributed by atoms with Crippen LogP contribution in [-0.2, 0) is 22.8 Å². The average Bonchev–Trinajstić information content (AvgIpc) is 3.13. The van der Waals surface area contributed by atoms with Crippen LogP contribution in [0.1, 0.15) is 17.3 Å². The van der Waals surface area contributed by atoms with Gasteiger partial charge in [-0.05, 0) is 24.3 Å². The van der Waals surface area contributed by atoms with Gasteiger partial charge in [-0.15, -0.1) is 5.10 Å². The summed E-state index contributed by atoms with van der Waals surface area (Å²) in [6.45, 7) is 0.214. The molecule has 2 aromatic carbocycles. The van der Waals surface area contributed by atoms with Crippen LogP contribution in [0.4, 0.5) is 13.2 Å². The van der Waals surface area contributed by atoms with Crippen molar-refractivity contribution in [2.75, 3.05) is 13.1 Å². The van der Waals surface area contributed by atoms with E-state index in [-0.39, 0.29) is 25.7 Å². The van der Waals surface area contributed by atoms with E-state index in [4.69, 9.17) is 4.74 Å². The van der Waals surface area contributed by atoms with Crippen molar-refractivity contribution in [3.05, 3.63) is 72.1 Å². The molecule has 0 bridgehead atoms. The molecule has 1 aliphatic rings. The van der Waals surface area contributed by atoms with Crippen LogP contribution in [0.15, 0.2) is 65.7 Å². The first kappa shape index (κ1) is 20.4. The molecule has 1 fully saturated rings. The predicted octanol–water partition coefficient (Wildman–Crippen LogP) is 3.12. The zero-order valence-electron chi connectivity index (χ0n) is 15.5. The number of sulfonamides is 1. The summed E-state index contributed by atoms with van der Waals surface area (Å²) in [4.78, 5) is -0.744. The number of benzene rings is 2. The Hall–Kier alpha value is -2.92. The maximum absolute atomic E-state index is 13.2. The van der Waals surface area contributed by atoms with Crippen LogP contribution in [0, 0.1) is 0 Å². The molecule has 0 aliphatic carbocycles. The number of aromatic nitrogens is 3. The number of alkyl halides is 3. The van der Waals surface area contributed by atoms with Crippen molar-refractivity contribution in [3.8, 4) is 5.75 Å². The molecule has 1 aliphatic heterocycles. The van der Waals surface area contributed by atoms with E-state index in [1.54, 1.807) is 18.3 Å². The first-order valence-electron chi connectivity index (χ1n) is 9.00. The minimum absolute atomic E-state index is 0.0108. The monoisotopic (exact) mass is 438 g/mol. The molecule has 3 aromatic rings. The second kappa shape index (κ2) is 7.73. The van der Waals surface area contributed by atoms with Gasteiger partial charge < -0.3 is 4.74 Å². The Morgan fingerprint density at radius 2 is 1.70 bits per heavy atom. The van der Waals surface area contributed by atoms with Crippen molar-refractivity contribution >= 4 is 10.0 Å². The van der Waals surface area contributed by atoms with Gasteiger partial charge in [-0.3, -0.25) is 0 Å². The number of rotatable bonds is 6. The van der Waals surface area contributed by atoms with Gasteiger partial charge in [0.2, 0.25) is 10.0 Å². The normalized spacial score (nSPS) is 15.7. The van der Waals surface area contributed by atoms with E-state index in [2.05, 4.69) is 10.3 Å². The molecule has 0 N–H and O–H groups in total. The van der Waals surface area contributed by atoms with Crippen LogP contribution >= 0.6 is 0 Å². The lowest BCUT2D eigenvalue weighted by atomic mass is 10.2. The second-order valence-corrected chi connectivity index (χ2v) is 8.67. The lowest BCUT2D eigenvalue weighted by Gasteiger charge is -2.38. The Bertz CT molecular complexity index is 1130. The van der Waals surface area contributed by atoms with Crippen LogP contribution in [0.2, 0.25) is 0 Å². The maximum Gasteiger partial charge on any atom is 0.417 e. The van der Waals surface area contributed by atoms with Crippen LogP contribution in [0.3, 0.4) is 0 Å². The van der Waals surface area contributed by atoms with Crippen molar-refractivity contribution in [1.82, 2.24) is 19.3 Å². The van der Waals surface area contributed by atoms with Crippen LogP contribution in [0.25, 0.3) is 0 Å². The number of halogens is 3. The van der Waals surface area contributed by atoms with E-state index in [1.165, 1.54) is 10.7 Å². The van der Waals surface area contributed by atoms with Crippen LogP contribution < -0.4 is 4.74 Å². The lowest BCUT2D eigenvalue weighted by molar-refractivity contribution is -0.139. The summed E-state index contributed by atoms with van der Waals surface area (Å²) < 4.78 is 73.0. The lowest BCUT2D eigenvalue weighted by Crippen LogP contribution is -2.51. The van der Waals surface area contributed by atoms with Crippen molar-refractivity contribution in [1.29, 1.82) is 0 Å². The average molecular weight is 438 g/mol. The Morgan fingerprint density at radius 1 is 1.03 bits per heavy atom. The summed E-state index contributed by atoms with van der Waals surface area (Å²) >= 11 is 0. The molecule has 30 heavy (non-hydrogen) atoms. The standard InChI is InChI=1S/C19H17F3N4O3S/c20-19(21,22)17-8-4-5-9-18(17)30(27,28)25-11-15(12-25)26-10-14(23-24-26)13-29-16-6-2-1-3-7-16/h1-10,15H,11-13H2. The van der Waals surface area contributed by atoms with Gasteiger partial charge in [-0.1, -0.05) is 35.5 Å². The highest BCUT2D eigenvalue weighted by atomic mass is 32.2. The molecular formula is C19H17F3N4O3S. The van der Waals surface area contributed by atoms with E-state index in [1.807, 2.05) is 18.2 Å². The van der Waals surface area contributed by atoms with Gasteiger partial charge in [0, 0.05) is 13.1 Å². The molecule has 7 nitrogen and oxygen atoms in total. The van der Waals surface area contributed by atoms with Gasteiger partial charge in [0.25, 0.3) is 0 Å². The Labute approximate surface area is 170 Å². The number of hydrogen-bond acceptors (Lipinski definition) is 5. The van der Waals surface area contributed by atoms with Crippen molar-refractivity contribution in [2.24, 2.45) is 0 Å². The topological polar surface area (TPSA) is 77.3 Å². The third-order valence-electron chi connectivity index (χ3n) is 4.70. The van der Waals surface area contributed by atoms with Crippen molar-refractivity contribution in [2.45, 2.75) is 23.7 Å². The zero-order chi connectivity index (χ0) is 21.4. The number of para-hydroxylation sites is 1. The molecule has 0 saturated carbocycles. The van der Waals surface area contributed by atoms with Crippen molar-refractivity contribution in [3.63, 3.8) is 0 Å². The first-order valence-corrected chi connectivity index (χ1v) is 10.4. The maximum atomic E-state index is 13.2. The third kappa shape index (κ3) is 4.03. The summed E-state index contributed by atoms with van der Waals surface area (Å²) in [6.07, 6.45) is -3.12. The molecule has 158 valence electrons. The molecule has 2 heterocycles. The van der Waals surface area contributed by atoms with E-state index >= 15 is 0 Å². The van der Waals surface area contributed by atoms with Gasteiger partial charge >= 0.3 is 6.18 Å². The van der Waals surface area contributed by atoms with Gasteiger partial charge in [0.1, 0.15) is 18.1 Å². The zero-order valence-corrected chi connectivity index (χ0v) is 16.3. The second-order valence-electron chi connectivity index (χ2n) is 6.76. The minimum atomic E-state index is -4.76. The minimum Gasteiger partial charge on any atom is -0.487 e. The van der Waals surface area contributed by atoms with Gasteiger partial charge in [-0.25, -0.2) is 13.1 Å². The van der Waals surface area contributed by atoms with Gasteiger partial charge in [0.15, 0.2) is 0 Å². The molecule has 0 atom stereocenters. The Kier molecular flexibility index (Phi) is 5.24. The fraction of sp³-hybridized carbons (Fsp3) is 0.263. The summed E-state index contributed by atoms with van der Waals surface area (Å²) in [5, 5.41) is 7.98. The van der Waals surface area contributed by atoms with Crippen LogP contribution in [-0.4, -0.2) is 40.8 Å². The summed E-state index contributed by atoms with van der Waals surface area (Å²) in [7, 11) is -4.27. The molecule has 0 radical (unpaired) electrons. The molecule has 0 spiro atoms. The SMILES string of the molecule is O=S(=O)(c1ccccc1C(F)(F)F)N1CC(n2cc(COc3ccccc3)nn2)C1. The van der Waals surface area contributed by atoms with Crippen LogP contribution in [0.5, 0.6) is 5.75 Å². The summed E-state index contributed by atoms with van der Waals surface area (Å²) in [6, 6.07) is 13.0. The Balaban J connectivity index is 1.41. The third-order valence-corrected chi connectivity index (χ3v) is 6.59. The van der Waals surface area contributed by atoms with E-state index in [0.29, 0.717) is 11.4 Å². The van der Waals surface area contributed by atoms with Gasteiger partial charge in [0.05, 0.1) is 22.7 Å². The van der Waals surface area contributed by atoms with E-state index in [0.717, 1.165) is 22.5 Å². The largest absolute Gasteiger partial charge is 0.487 e. The highest BCUT2D eigenvalue weighted by Gasteiger charge is 2.43. The summed E-state index contributed by atoms with van der Waals surface area (Å²) in [5.74, 6) is 0.677. The fourth-order valence-corrected chi connectivity index (χ4v) is 4.80. The number of hydrogen-bond donors (Lipinski definition) is 0. The molecule has 4 rings (SSSR count). The quantitative estimate of drug-likeness (QED) is 0.591. The predicted molar refractivity (Wildman–Crippen MR) is 100 cm³/mol. The van der Waals surface area contributed by atoms with Gasteiger partial charge in [-0.2, -0.15) is 17.5 Å². The van der Waals surface area contributed by atoms with E-state index < -0.39 is 26.7 Å². The number of ether oxygens (including phenoxy) is 1. The molecule has 0 unspecified atom stereocenters. The first-order chi connectivity index (χ1) is 14.2. The molecule has 11 heteroatoms. The Morgan fingerprint density at radius 3 is 2.40 bits per heavy atom. The molecule has 0 amide bonds. The number of nitrogens with zero attached hydrogens (tertiary/aromatic N) is 4. The smallest absolute Gasteiger partial charge is 0.417 e. The molecular weight excluding hydrogens is 421 g/mol. The molecule has 1 saturated heterocycles. The molecule has 1 aromatic heterocycles. The highest BCUT2D eigenvalue weighted by molar-refractivity contribution is 7.89.